The molecule has 0 bridgehead atoms. The Labute approximate surface area is 100 Å². The van der Waals surface area contributed by atoms with Crippen LogP contribution in [0.4, 0.5) is 0 Å². The average molecular weight is 228 g/mol. The Morgan fingerprint density at radius 2 is 2.00 bits per heavy atom. The van der Waals surface area contributed by atoms with Crippen LogP contribution in [0.3, 0.4) is 0 Å². The molecule has 0 unspecified atom stereocenters. The zero-order chi connectivity index (χ0) is 12.0. The van der Waals surface area contributed by atoms with Crippen molar-refractivity contribution in [2.24, 2.45) is 5.92 Å². The highest BCUT2D eigenvalue weighted by molar-refractivity contribution is 4.77. The van der Waals surface area contributed by atoms with Crippen molar-refractivity contribution in [3.8, 4) is 0 Å². The fraction of sp³-hybridized carbons (Fsp3) is 1.00. The van der Waals surface area contributed by atoms with Gasteiger partial charge in [0.1, 0.15) is 0 Å². The van der Waals surface area contributed by atoms with Crippen LogP contribution in [-0.4, -0.2) is 60.3 Å². The molecule has 0 spiro atoms. The van der Waals surface area contributed by atoms with Crippen LogP contribution in [0.15, 0.2) is 0 Å². The second-order valence-corrected chi connectivity index (χ2v) is 5.01. The molecule has 0 aromatic carbocycles. The monoisotopic (exact) mass is 228 g/mol. The lowest BCUT2D eigenvalue weighted by atomic mass is 9.96. The number of rotatable bonds is 6. The van der Waals surface area contributed by atoms with Gasteiger partial charge in [0.25, 0.3) is 0 Å². The van der Waals surface area contributed by atoms with Gasteiger partial charge in [-0.1, -0.05) is 20.8 Å². The first-order chi connectivity index (χ1) is 7.67. The quantitative estimate of drug-likeness (QED) is 0.745. The molecule has 1 fully saturated rings. The summed E-state index contributed by atoms with van der Waals surface area (Å²) in [6.07, 6.45) is 2.26. The van der Waals surface area contributed by atoms with Gasteiger partial charge >= 0.3 is 0 Å². The Morgan fingerprint density at radius 1 is 1.31 bits per heavy atom. The Morgan fingerprint density at radius 3 is 2.56 bits per heavy atom. The Balaban J connectivity index is 2.13. The smallest absolute Gasteiger partial charge is 0.0693 e. The van der Waals surface area contributed by atoms with Crippen LogP contribution in [0.5, 0.6) is 0 Å². The molecule has 3 nitrogen and oxygen atoms in total. The normalized spacial score (nSPS) is 27.6. The summed E-state index contributed by atoms with van der Waals surface area (Å²) in [6.45, 7) is 13.3. The Bertz CT molecular complexity index is 183. The van der Waals surface area contributed by atoms with Crippen molar-refractivity contribution in [1.29, 1.82) is 0 Å². The van der Waals surface area contributed by atoms with Crippen LogP contribution < -0.4 is 0 Å². The van der Waals surface area contributed by atoms with E-state index >= 15 is 0 Å². The number of β-amino-alcohol motifs (C(OH)–C–C–N with tert-alkyl or cyclic N) is 1. The molecular formula is C13H28N2O. The van der Waals surface area contributed by atoms with Gasteiger partial charge in [0.2, 0.25) is 0 Å². The number of hydrogen-bond donors (Lipinski definition) is 1. The van der Waals surface area contributed by atoms with Crippen molar-refractivity contribution >= 4 is 0 Å². The molecule has 1 aliphatic heterocycles. The Kier molecular flexibility index (Phi) is 6.32. The SMILES string of the molecule is CCN(CC)CCCN1CC[C@@H](C)[C@@H](O)C1. The minimum absolute atomic E-state index is 0.109. The lowest BCUT2D eigenvalue weighted by Gasteiger charge is -2.34. The van der Waals surface area contributed by atoms with Crippen molar-refractivity contribution in [1.82, 2.24) is 9.80 Å². The standard InChI is InChI=1S/C13H28N2O/c1-4-14(5-2)8-6-9-15-10-7-12(3)13(16)11-15/h12-13,16H,4-11H2,1-3H3/t12-,13+/m1/s1. The minimum atomic E-state index is -0.109. The largest absolute Gasteiger partial charge is 0.392 e. The van der Waals surface area contributed by atoms with Gasteiger partial charge in [-0.15, -0.1) is 0 Å². The van der Waals surface area contributed by atoms with Crippen LogP contribution in [-0.2, 0) is 0 Å². The van der Waals surface area contributed by atoms with Crippen molar-refractivity contribution in [2.45, 2.75) is 39.7 Å². The second kappa shape index (κ2) is 7.25. The second-order valence-electron chi connectivity index (χ2n) is 5.01. The van der Waals surface area contributed by atoms with Gasteiger partial charge in [-0.3, -0.25) is 0 Å². The van der Waals surface area contributed by atoms with E-state index in [0.717, 1.165) is 39.1 Å². The highest BCUT2D eigenvalue weighted by Crippen LogP contribution is 2.16. The first kappa shape index (κ1) is 13.9. The molecule has 1 N–H and O–H groups in total. The Hall–Kier alpha value is -0.120. The summed E-state index contributed by atoms with van der Waals surface area (Å²) in [5.74, 6) is 0.485. The van der Waals surface area contributed by atoms with E-state index in [1.807, 2.05) is 0 Å². The maximum absolute atomic E-state index is 9.80. The molecule has 1 heterocycles. The summed E-state index contributed by atoms with van der Waals surface area (Å²) in [5, 5.41) is 9.80. The van der Waals surface area contributed by atoms with Crippen LogP contribution in [0.25, 0.3) is 0 Å². The number of aliphatic hydroxyl groups excluding tert-OH is 1. The third-order valence-electron chi connectivity index (χ3n) is 3.85. The van der Waals surface area contributed by atoms with Crippen molar-refractivity contribution < 1.29 is 5.11 Å². The number of likely N-dealkylation sites (tertiary alicyclic amines) is 1. The predicted octanol–water partition coefficient (Wildman–Crippen LogP) is 1.42. The molecule has 0 saturated carbocycles. The summed E-state index contributed by atoms with van der Waals surface area (Å²) >= 11 is 0. The fourth-order valence-electron chi connectivity index (χ4n) is 2.38. The van der Waals surface area contributed by atoms with Crippen LogP contribution >= 0.6 is 0 Å². The maximum Gasteiger partial charge on any atom is 0.0693 e. The average Bonchev–Trinajstić information content (AvgIpc) is 2.29. The lowest BCUT2D eigenvalue weighted by molar-refractivity contribution is 0.0279. The van der Waals surface area contributed by atoms with Crippen LogP contribution in [0.2, 0.25) is 0 Å². The summed E-state index contributed by atoms with van der Waals surface area (Å²) in [6, 6.07) is 0. The van der Waals surface area contributed by atoms with Crippen molar-refractivity contribution in [3.63, 3.8) is 0 Å². The fourth-order valence-corrected chi connectivity index (χ4v) is 2.38. The van der Waals surface area contributed by atoms with Gasteiger partial charge in [-0.05, 0) is 51.5 Å². The van der Waals surface area contributed by atoms with E-state index in [4.69, 9.17) is 0 Å². The number of nitrogens with zero attached hydrogens (tertiary/aromatic N) is 2. The summed E-state index contributed by atoms with van der Waals surface area (Å²) in [7, 11) is 0. The molecule has 2 atom stereocenters. The molecule has 1 saturated heterocycles. The maximum atomic E-state index is 9.80. The van der Waals surface area contributed by atoms with Gasteiger partial charge in [-0.2, -0.15) is 0 Å². The molecule has 0 amide bonds. The molecule has 96 valence electrons. The van der Waals surface area contributed by atoms with E-state index in [-0.39, 0.29) is 6.10 Å². The van der Waals surface area contributed by atoms with Crippen molar-refractivity contribution in [3.05, 3.63) is 0 Å². The first-order valence-corrected chi connectivity index (χ1v) is 6.80. The predicted molar refractivity (Wildman–Crippen MR) is 68.6 cm³/mol. The highest BCUT2D eigenvalue weighted by atomic mass is 16.3. The van der Waals surface area contributed by atoms with Crippen LogP contribution in [0.1, 0.15) is 33.6 Å². The molecule has 1 rings (SSSR count). The summed E-state index contributed by atoms with van der Waals surface area (Å²) in [5.41, 5.74) is 0. The first-order valence-electron chi connectivity index (χ1n) is 6.80. The van der Waals surface area contributed by atoms with E-state index in [2.05, 4.69) is 30.6 Å². The van der Waals surface area contributed by atoms with Gasteiger partial charge < -0.3 is 14.9 Å². The number of hydrogen-bond acceptors (Lipinski definition) is 3. The molecule has 0 aliphatic carbocycles. The third kappa shape index (κ3) is 4.40. The molecular weight excluding hydrogens is 200 g/mol. The lowest BCUT2D eigenvalue weighted by Crippen LogP contribution is -2.43. The van der Waals surface area contributed by atoms with Crippen LogP contribution in [0, 0.1) is 5.92 Å². The molecule has 16 heavy (non-hydrogen) atoms. The van der Waals surface area contributed by atoms with E-state index in [0.29, 0.717) is 5.92 Å². The van der Waals surface area contributed by atoms with E-state index in [9.17, 15) is 5.11 Å². The summed E-state index contributed by atoms with van der Waals surface area (Å²) in [4.78, 5) is 4.87. The number of piperidine rings is 1. The molecule has 0 aromatic heterocycles. The number of aliphatic hydroxyl groups is 1. The molecule has 3 heteroatoms. The zero-order valence-corrected chi connectivity index (χ0v) is 11.2. The highest BCUT2D eigenvalue weighted by Gasteiger charge is 2.23. The van der Waals surface area contributed by atoms with E-state index in [1.165, 1.54) is 13.0 Å². The molecule has 0 aromatic rings. The van der Waals surface area contributed by atoms with Gasteiger partial charge in [-0.25, -0.2) is 0 Å². The zero-order valence-electron chi connectivity index (χ0n) is 11.2. The van der Waals surface area contributed by atoms with Gasteiger partial charge in [0, 0.05) is 6.54 Å². The van der Waals surface area contributed by atoms with Gasteiger partial charge in [0.15, 0.2) is 0 Å². The minimum Gasteiger partial charge on any atom is -0.392 e. The topological polar surface area (TPSA) is 26.7 Å². The van der Waals surface area contributed by atoms with E-state index in [1.54, 1.807) is 0 Å². The van der Waals surface area contributed by atoms with E-state index < -0.39 is 0 Å². The van der Waals surface area contributed by atoms with Crippen molar-refractivity contribution in [2.75, 3.05) is 39.3 Å². The third-order valence-corrected chi connectivity index (χ3v) is 3.85. The van der Waals surface area contributed by atoms with Gasteiger partial charge in [0.05, 0.1) is 6.10 Å². The summed E-state index contributed by atoms with van der Waals surface area (Å²) < 4.78 is 0. The molecule has 0 radical (unpaired) electrons. The molecule has 1 aliphatic rings.